The number of aliphatic imine (C=N–C) groups is 1. The number of carboxylic acid groups (broad SMARTS) is 1. The number of hydrogen-bond acceptors (Lipinski definition) is 8. The van der Waals surface area contributed by atoms with E-state index in [-0.39, 0.29) is 16.3 Å². The van der Waals surface area contributed by atoms with Gasteiger partial charge in [-0.2, -0.15) is 18.2 Å². The maximum atomic E-state index is 12.8. The van der Waals surface area contributed by atoms with Gasteiger partial charge in [0.2, 0.25) is 5.82 Å². The Kier molecular flexibility index (Phi) is 6.33. The van der Waals surface area contributed by atoms with E-state index in [0.29, 0.717) is 0 Å². The van der Waals surface area contributed by atoms with Gasteiger partial charge in [0.05, 0.1) is 9.93 Å². The van der Waals surface area contributed by atoms with E-state index in [4.69, 9.17) is 27.0 Å². The van der Waals surface area contributed by atoms with Crippen molar-refractivity contribution in [2.24, 2.45) is 10.7 Å². The highest BCUT2D eigenvalue weighted by molar-refractivity contribution is 7.90. The van der Waals surface area contributed by atoms with Crippen molar-refractivity contribution in [2.45, 2.75) is 11.1 Å². The molecule has 1 heterocycles. The van der Waals surface area contributed by atoms with Crippen molar-refractivity contribution in [3.05, 3.63) is 40.9 Å². The molecule has 9 nitrogen and oxygen atoms in total. The van der Waals surface area contributed by atoms with Crippen LogP contribution in [0.1, 0.15) is 5.89 Å². The Morgan fingerprint density at radius 1 is 1.38 bits per heavy atom. The Labute approximate surface area is 166 Å². The summed E-state index contributed by atoms with van der Waals surface area (Å²) in [5.41, 5.74) is 2.62. The SMILES string of the molecule is CS(=O)(=O)c1cccc(-c2noc(C(=NCC(=O)O)C(Cl)=C(N)C(F)(F)F)n2)c1. The zero-order chi connectivity index (χ0) is 22.0. The molecular formula is C15H12ClF3N4O5S. The standard InChI is InChI=1S/C15H12ClF3N4O5S/c1-29(26,27)8-4-2-3-7(5-8)13-22-14(28-23-13)11(21-6-9(24)25)10(16)12(20)15(17,18)19/h2-5H,6,20H2,1H3,(H,24,25). The Balaban J connectivity index is 2.55. The first-order valence-corrected chi connectivity index (χ1v) is 9.71. The molecule has 0 fully saturated rings. The van der Waals surface area contributed by atoms with Crippen LogP contribution in [0, 0.1) is 0 Å². The molecule has 0 spiro atoms. The number of sulfone groups is 1. The second-order valence-electron chi connectivity index (χ2n) is 5.51. The third-order valence-corrected chi connectivity index (χ3v) is 4.76. The van der Waals surface area contributed by atoms with Gasteiger partial charge in [-0.1, -0.05) is 28.9 Å². The summed E-state index contributed by atoms with van der Waals surface area (Å²) in [4.78, 5) is 18.0. The fourth-order valence-electron chi connectivity index (χ4n) is 1.93. The predicted octanol–water partition coefficient (Wildman–Crippen LogP) is 1.99. The summed E-state index contributed by atoms with van der Waals surface area (Å²) in [5, 5.41) is 11.2. The van der Waals surface area contributed by atoms with Gasteiger partial charge in [-0.05, 0) is 12.1 Å². The average Bonchev–Trinajstić information content (AvgIpc) is 3.09. The van der Waals surface area contributed by atoms with Crippen LogP contribution in [0.25, 0.3) is 11.4 Å². The highest BCUT2D eigenvalue weighted by atomic mass is 35.5. The predicted molar refractivity (Wildman–Crippen MR) is 95.0 cm³/mol. The van der Waals surface area contributed by atoms with Gasteiger partial charge in [0, 0.05) is 11.8 Å². The van der Waals surface area contributed by atoms with Crippen LogP contribution in [0.15, 0.2) is 49.4 Å². The van der Waals surface area contributed by atoms with Crippen molar-refractivity contribution in [3.8, 4) is 11.4 Å². The zero-order valence-electron chi connectivity index (χ0n) is 14.4. The van der Waals surface area contributed by atoms with Crippen LogP contribution in [-0.2, 0) is 14.6 Å². The molecule has 2 rings (SSSR count). The molecule has 3 N–H and O–H groups in total. The van der Waals surface area contributed by atoms with E-state index in [9.17, 15) is 26.4 Å². The molecule has 29 heavy (non-hydrogen) atoms. The Morgan fingerprint density at radius 3 is 2.59 bits per heavy atom. The molecule has 0 amide bonds. The third-order valence-electron chi connectivity index (χ3n) is 3.27. The summed E-state index contributed by atoms with van der Waals surface area (Å²) < 4.78 is 66.7. The Hall–Kier alpha value is -2.93. The number of carbonyl (C=O) groups is 1. The normalized spacial score (nSPS) is 13.9. The highest BCUT2D eigenvalue weighted by Crippen LogP contribution is 2.28. The first-order valence-electron chi connectivity index (χ1n) is 7.44. The van der Waals surface area contributed by atoms with Crippen LogP contribution in [0.5, 0.6) is 0 Å². The summed E-state index contributed by atoms with van der Waals surface area (Å²) in [5.74, 6) is -2.29. The van der Waals surface area contributed by atoms with Crippen LogP contribution in [0.3, 0.4) is 0 Å². The van der Waals surface area contributed by atoms with Gasteiger partial charge in [0.15, 0.2) is 9.84 Å². The number of aliphatic carboxylic acids is 1. The van der Waals surface area contributed by atoms with Gasteiger partial charge >= 0.3 is 12.1 Å². The van der Waals surface area contributed by atoms with E-state index in [1.54, 1.807) is 0 Å². The molecule has 0 aliphatic carbocycles. The molecule has 156 valence electrons. The van der Waals surface area contributed by atoms with Crippen LogP contribution >= 0.6 is 11.6 Å². The van der Waals surface area contributed by atoms with Gasteiger partial charge in [-0.25, -0.2) is 8.42 Å². The van der Waals surface area contributed by atoms with Crippen molar-refractivity contribution >= 4 is 33.1 Å². The van der Waals surface area contributed by atoms with Crippen LogP contribution in [-0.4, -0.2) is 54.3 Å². The number of halogens is 4. The summed E-state index contributed by atoms with van der Waals surface area (Å²) >= 11 is 5.64. The topological polar surface area (TPSA) is 149 Å². The monoisotopic (exact) mass is 452 g/mol. The summed E-state index contributed by atoms with van der Waals surface area (Å²) in [7, 11) is -3.55. The number of alkyl halides is 3. The van der Waals surface area contributed by atoms with Crippen molar-refractivity contribution in [1.29, 1.82) is 0 Å². The number of nitrogens with zero attached hydrogens (tertiary/aromatic N) is 3. The van der Waals surface area contributed by atoms with Crippen LogP contribution < -0.4 is 5.73 Å². The Bertz CT molecular complexity index is 1110. The highest BCUT2D eigenvalue weighted by Gasteiger charge is 2.36. The van der Waals surface area contributed by atoms with Gasteiger partial charge in [0.25, 0.3) is 5.89 Å². The zero-order valence-corrected chi connectivity index (χ0v) is 16.0. The molecule has 1 aromatic heterocycles. The van der Waals surface area contributed by atoms with Gasteiger partial charge in [-0.3, -0.25) is 9.79 Å². The molecule has 0 radical (unpaired) electrons. The van der Waals surface area contributed by atoms with E-state index in [1.165, 1.54) is 24.3 Å². The largest absolute Gasteiger partial charge is 0.480 e. The van der Waals surface area contributed by atoms with Crippen molar-refractivity contribution in [1.82, 2.24) is 10.1 Å². The van der Waals surface area contributed by atoms with E-state index in [1.807, 2.05) is 0 Å². The summed E-state index contributed by atoms with van der Waals surface area (Å²) in [6.45, 7) is -0.946. The molecule has 14 heteroatoms. The molecule has 0 bridgehead atoms. The third kappa shape index (κ3) is 5.54. The minimum atomic E-state index is -5.02. The molecule has 0 aliphatic rings. The molecule has 0 aliphatic heterocycles. The van der Waals surface area contributed by atoms with Gasteiger partial charge < -0.3 is 15.4 Å². The minimum absolute atomic E-state index is 0.0552. The lowest BCUT2D eigenvalue weighted by atomic mass is 10.2. The fraction of sp³-hybridized carbons (Fsp3) is 0.200. The number of carboxylic acids is 1. The Morgan fingerprint density at radius 2 is 2.03 bits per heavy atom. The fourth-order valence-corrected chi connectivity index (χ4v) is 2.85. The lowest BCUT2D eigenvalue weighted by Crippen LogP contribution is -2.23. The lowest BCUT2D eigenvalue weighted by Gasteiger charge is -2.09. The molecule has 1 aromatic carbocycles. The maximum Gasteiger partial charge on any atom is 0.432 e. The van der Waals surface area contributed by atoms with E-state index >= 15 is 0 Å². The average molecular weight is 453 g/mol. The van der Waals surface area contributed by atoms with Crippen LogP contribution in [0.4, 0.5) is 13.2 Å². The summed E-state index contributed by atoms with van der Waals surface area (Å²) in [6, 6.07) is 5.37. The van der Waals surface area contributed by atoms with Gasteiger partial charge in [0.1, 0.15) is 18.0 Å². The first kappa shape index (κ1) is 22.4. The maximum absolute atomic E-state index is 12.8. The number of nitrogens with two attached hydrogens (primary N) is 1. The molecular weight excluding hydrogens is 441 g/mol. The second kappa shape index (κ2) is 8.21. The molecule has 0 atom stereocenters. The number of rotatable bonds is 6. The minimum Gasteiger partial charge on any atom is -0.480 e. The quantitative estimate of drug-likeness (QED) is 0.632. The van der Waals surface area contributed by atoms with E-state index in [2.05, 4.69) is 15.1 Å². The molecule has 0 saturated heterocycles. The number of allylic oxidation sites excluding steroid dienone is 2. The van der Waals surface area contributed by atoms with E-state index < -0.39 is 50.9 Å². The molecule has 0 unspecified atom stereocenters. The van der Waals surface area contributed by atoms with Crippen molar-refractivity contribution < 1.29 is 36.0 Å². The smallest absolute Gasteiger partial charge is 0.432 e. The van der Waals surface area contributed by atoms with Crippen molar-refractivity contribution in [3.63, 3.8) is 0 Å². The van der Waals surface area contributed by atoms with Crippen LogP contribution in [0.2, 0.25) is 0 Å². The number of benzene rings is 1. The first-order chi connectivity index (χ1) is 13.3. The van der Waals surface area contributed by atoms with E-state index in [0.717, 1.165) is 6.26 Å². The molecule has 2 aromatic rings. The summed E-state index contributed by atoms with van der Waals surface area (Å²) in [6.07, 6.45) is -4.04. The number of hydrogen-bond donors (Lipinski definition) is 2. The van der Waals surface area contributed by atoms with Crippen molar-refractivity contribution in [2.75, 3.05) is 12.8 Å². The molecule has 0 saturated carbocycles. The lowest BCUT2D eigenvalue weighted by molar-refractivity contribution is -0.135. The number of aromatic nitrogens is 2. The second-order valence-corrected chi connectivity index (χ2v) is 7.90. The van der Waals surface area contributed by atoms with Gasteiger partial charge in [-0.15, -0.1) is 0 Å².